The SMILES string of the molecule is C=CCOc1cncc(C2(Cl)CN3CCC2C3)n1. The van der Waals surface area contributed by atoms with Crippen LogP contribution in [0, 0.1) is 5.92 Å². The van der Waals surface area contributed by atoms with E-state index in [9.17, 15) is 0 Å². The molecule has 0 N–H and O–H groups in total. The van der Waals surface area contributed by atoms with Crippen LogP contribution in [-0.2, 0) is 4.87 Å². The van der Waals surface area contributed by atoms with Gasteiger partial charge in [-0.25, -0.2) is 4.98 Å². The molecule has 0 aliphatic carbocycles. The normalized spacial score (nSPS) is 33.6. The summed E-state index contributed by atoms with van der Waals surface area (Å²) in [4.78, 5) is 10.7. The van der Waals surface area contributed by atoms with E-state index in [-0.39, 0.29) is 0 Å². The average molecular weight is 266 g/mol. The summed E-state index contributed by atoms with van der Waals surface area (Å²) < 4.78 is 5.42. The van der Waals surface area contributed by atoms with Crippen molar-refractivity contribution in [2.75, 3.05) is 26.2 Å². The topological polar surface area (TPSA) is 38.2 Å². The van der Waals surface area contributed by atoms with Gasteiger partial charge in [-0.1, -0.05) is 12.7 Å². The lowest BCUT2D eigenvalue weighted by Crippen LogP contribution is -2.35. The van der Waals surface area contributed by atoms with E-state index in [1.54, 1.807) is 18.5 Å². The monoisotopic (exact) mass is 265 g/mol. The van der Waals surface area contributed by atoms with Gasteiger partial charge < -0.3 is 9.64 Å². The van der Waals surface area contributed by atoms with E-state index < -0.39 is 4.87 Å². The van der Waals surface area contributed by atoms with Gasteiger partial charge in [-0.3, -0.25) is 4.98 Å². The van der Waals surface area contributed by atoms with Gasteiger partial charge >= 0.3 is 0 Å². The molecule has 2 saturated heterocycles. The van der Waals surface area contributed by atoms with Gasteiger partial charge in [-0.2, -0.15) is 0 Å². The van der Waals surface area contributed by atoms with Crippen LogP contribution in [0.1, 0.15) is 12.1 Å². The van der Waals surface area contributed by atoms with Crippen LogP contribution in [0.2, 0.25) is 0 Å². The first-order chi connectivity index (χ1) is 8.72. The molecular formula is C13H16ClN3O. The van der Waals surface area contributed by atoms with Crippen molar-refractivity contribution < 1.29 is 4.74 Å². The molecule has 3 unspecified atom stereocenters. The van der Waals surface area contributed by atoms with Gasteiger partial charge in [-0.15, -0.1) is 11.6 Å². The number of rotatable bonds is 4. The van der Waals surface area contributed by atoms with E-state index in [2.05, 4.69) is 21.4 Å². The molecule has 96 valence electrons. The van der Waals surface area contributed by atoms with Crippen LogP contribution in [0.25, 0.3) is 0 Å². The summed E-state index contributed by atoms with van der Waals surface area (Å²) in [5.41, 5.74) is 0.831. The standard InChI is InChI=1S/C13H16ClN3O/c1-2-5-18-12-7-15-6-11(16-12)13(14)9-17-4-3-10(13)8-17/h2,6-7,10H,1,3-5,8-9H2. The predicted molar refractivity (Wildman–Crippen MR) is 69.8 cm³/mol. The van der Waals surface area contributed by atoms with Crippen LogP contribution < -0.4 is 4.74 Å². The fourth-order valence-corrected chi connectivity index (χ4v) is 3.29. The van der Waals surface area contributed by atoms with E-state index in [1.165, 1.54) is 0 Å². The molecule has 3 rings (SSSR count). The lowest BCUT2D eigenvalue weighted by molar-refractivity contribution is 0.312. The number of hydrogen-bond donors (Lipinski definition) is 0. The van der Waals surface area contributed by atoms with Crippen molar-refractivity contribution in [2.24, 2.45) is 5.92 Å². The van der Waals surface area contributed by atoms with E-state index >= 15 is 0 Å². The highest BCUT2D eigenvalue weighted by Crippen LogP contribution is 2.47. The second-order valence-corrected chi connectivity index (χ2v) is 5.60. The Morgan fingerprint density at radius 2 is 2.50 bits per heavy atom. The van der Waals surface area contributed by atoms with Crippen LogP contribution >= 0.6 is 11.6 Å². The lowest BCUT2D eigenvalue weighted by atomic mass is 9.89. The highest BCUT2D eigenvalue weighted by Gasteiger charge is 2.51. The molecule has 0 saturated carbocycles. The van der Waals surface area contributed by atoms with Crippen LogP contribution in [-0.4, -0.2) is 41.1 Å². The van der Waals surface area contributed by atoms with Gasteiger partial charge in [0.1, 0.15) is 11.5 Å². The minimum Gasteiger partial charge on any atom is -0.472 e. The summed E-state index contributed by atoms with van der Waals surface area (Å²) in [7, 11) is 0. The minimum atomic E-state index is -0.390. The van der Waals surface area contributed by atoms with Crippen molar-refractivity contribution in [3.05, 3.63) is 30.7 Å². The molecule has 1 aromatic heterocycles. The molecule has 0 aromatic carbocycles. The first-order valence-corrected chi connectivity index (χ1v) is 6.57. The number of nitrogens with zero attached hydrogens (tertiary/aromatic N) is 3. The molecule has 2 aliphatic rings. The van der Waals surface area contributed by atoms with Crippen molar-refractivity contribution >= 4 is 11.6 Å². The maximum Gasteiger partial charge on any atom is 0.232 e. The number of aromatic nitrogens is 2. The minimum absolute atomic E-state index is 0.390. The third kappa shape index (κ3) is 1.89. The molecular weight excluding hydrogens is 250 g/mol. The molecule has 4 nitrogen and oxygen atoms in total. The summed E-state index contributed by atoms with van der Waals surface area (Å²) in [5.74, 6) is 0.994. The van der Waals surface area contributed by atoms with Gasteiger partial charge in [0.15, 0.2) is 0 Å². The molecule has 2 bridgehead atoms. The fourth-order valence-electron chi connectivity index (χ4n) is 2.86. The number of ether oxygens (including phenoxy) is 1. The molecule has 3 atom stereocenters. The molecule has 0 spiro atoms. The Morgan fingerprint density at radius 3 is 3.17 bits per heavy atom. The van der Waals surface area contributed by atoms with E-state index in [0.717, 1.165) is 31.7 Å². The molecule has 0 amide bonds. The Balaban J connectivity index is 1.85. The van der Waals surface area contributed by atoms with Gasteiger partial charge in [-0.05, 0) is 18.9 Å². The van der Waals surface area contributed by atoms with Crippen molar-refractivity contribution in [1.82, 2.24) is 14.9 Å². The number of piperidine rings is 1. The predicted octanol–water partition coefficient (Wildman–Crippen LogP) is 1.81. The zero-order valence-electron chi connectivity index (χ0n) is 10.2. The van der Waals surface area contributed by atoms with Crippen LogP contribution in [0.4, 0.5) is 0 Å². The Bertz CT molecular complexity index is 467. The summed E-state index contributed by atoms with van der Waals surface area (Å²) >= 11 is 6.78. The summed E-state index contributed by atoms with van der Waals surface area (Å²) in [6.45, 7) is 7.13. The van der Waals surface area contributed by atoms with E-state index in [4.69, 9.17) is 16.3 Å². The lowest BCUT2D eigenvalue weighted by Gasteiger charge is -2.30. The molecule has 3 heterocycles. The van der Waals surface area contributed by atoms with Crippen molar-refractivity contribution in [2.45, 2.75) is 11.3 Å². The van der Waals surface area contributed by atoms with Crippen LogP contribution in [0.5, 0.6) is 5.88 Å². The molecule has 5 heteroatoms. The Hall–Kier alpha value is -1.13. The van der Waals surface area contributed by atoms with Gasteiger partial charge in [0, 0.05) is 13.1 Å². The Morgan fingerprint density at radius 1 is 1.61 bits per heavy atom. The maximum absolute atomic E-state index is 6.78. The van der Waals surface area contributed by atoms with Crippen molar-refractivity contribution in [3.8, 4) is 5.88 Å². The van der Waals surface area contributed by atoms with Gasteiger partial charge in [0.25, 0.3) is 0 Å². The number of halogens is 1. The molecule has 0 radical (unpaired) electrons. The first-order valence-electron chi connectivity index (χ1n) is 6.20. The maximum atomic E-state index is 6.78. The molecule has 18 heavy (non-hydrogen) atoms. The Labute approximate surface area is 112 Å². The van der Waals surface area contributed by atoms with Gasteiger partial charge in [0.05, 0.1) is 18.1 Å². The second-order valence-electron chi connectivity index (χ2n) is 4.93. The number of fused-ring (bicyclic) bond motifs is 2. The van der Waals surface area contributed by atoms with Gasteiger partial charge in [0.2, 0.25) is 5.88 Å². The van der Waals surface area contributed by atoms with Crippen molar-refractivity contribution in [1.29, 1.82) is 0 Å². The number of alkyl halides is 1. The quantitative estimate of drug-likeness (QED) is 0.615. The third-order valence-electron chi connectivity index (χ3n) is 3.76. The summed E-state index contributed by atoms with van der Waals surface area (Å²) in [6.07, 6.45) is 6.20. The summed E-state index contributed by atoms with van der Waals surface area (Å²) in [5, 5.41) is 0. The second kappa shape index (κ2) is 4.52. The zero-order chi connectivity index (χ0) is 12.6. The molecule has 2 fully saturated rings. The highest BCUT2D eigenvalue weighted by molar-refractivity contribution is 6.24. The zero-order valence-corrected chi connectivity index (χ0v) is 10.9. The largest absolute Gasteiger partial charge is 0.472 e. The smallest absolute Gasteiger partial charge is 0.232 e. The highest BCUT2D eigenvalue weighted by atomic mass is 35.5. The number of hydrogen-bond acceptors (Lipinski definition) is 4. The molecule has 2 aliphatic heterocycles. The first kappa shape index (κ1) is 11.9. The summed E-state index contributed by atoms with van der Waals surface area (Å²) in [6, 6.07) is 0. The Kier molecular flexibility index (Phi) is 2.99. The fraction of sp³-hybridized carbons (Fsp3) is 0.538. The molecule has 1 aromatic rings. The third-order valence-corrected chi connectivity index (χ3v) is 4.38. The van der Waals surface area contributed by atoms with E-state index in [1.807, 2.05) is 0 Å². The van der Waals surface area contributed by atoms with Crippen molar-refractivity contribution in [3.63, 3.8) is 0 Å². The van der Waals surface area contributed by atoms with Crippen LogP contribution in [0.3, 0.4) is 0 Å². The van der Waals surface area contributed by atoms with E-state index in [0.29, 0.717) is 18.4 Å². The van der Waals surface area contributed by atoms with Crippen LogP contribution in [0.15, 0.2) is 25.0 Å². The average Bonchev–Trinajstić information content (AvgIpc) is 2.97.